The number of methoxy groups -OCH3 is 1. The lowest BCUT2D eigenvalue weighted by Gasteiger charge is -2.35. The van der Waals surface area contributed by atoms with Gasteiger partial charge in [-0.2, -0.15) is 41.4 Å². The number of aromatic nitrogens is 12. The molecule has 0 radical (unpaired) electrons. The molecule has 29 nitrogen and oxygen atoms in total. The summed E-state index contributed by atoms with van der Waals surface area (Å²) in [7, 11) is 1.50. The normalized spacial score (nSPS) is 14.3. The van der Waals surface area contributed by atoms with Gasteiger partial charge >= 0.3 is 0 Å². The largest absolute Gasteiger partial charge is 0.496 e. The standard InChI is InChI=1S/C24H25FN6O2.C24H26N6O.C23H23ClN6O.C23H22F2N6O/c1-33-23-14-22(25)20(15-26)13-19(23)6-7-29-8-10-30(11-9-29)24(32)12-18-2-4-21(5-3-18)31-17-27-16-28-31;1-19-2-3-21(14-22(19)16-25)8-9-28-10-12-29(13-11-28)24(31)15-20-4-6-23(7-5-20)30-18-26-17-27-30;24-22-6-3-19(13-20(22)15-25)7-8-28-9-11-29(12-10-28)23(31)14-18-1-4-21(5-2-18)30-17-26-16-27-30;24-21-6-3-18(23(25)20(21)14-26)7-8-29-9-11-30(12-10-29)22(32)13-17-1-4-19(5-2-17)31-16-27-15-28-31/h2-5,13-14,16-17H,6-12H2,1H3;2-7,14,17-18H,8-13,15H2,1H3;1-6,13,16-17H,7-12,14H2;1-6,15-16H,7-13H2. The van der Waals surface area contributed by atoms with Crippen LogP contribution in [0.3, 0.4) is 0 Å². The van der Waals surface area contributed by atoms with Gasteiger partial charge in [-0.05, 0) is 162 Å². The molecule has 0 atom stereocenters. The Labute approximate surface area is 739 Å². The van der Waals surface area contributed by atoms with Crippen LogP contribution in [0, 0.1) is 69.7 Å². The highest BCUT2D eigenvalue weighted by molar-refractivity contribution is 6.31. The van der Waals surface area contributed by atoms with Crippen molar-refractivity contribution in [2.75, 3.05) is 138 Å². The van der Waals surface area contributed by atoms with E-state index in [-0.39, 0.29) is 29.2 Å². The Balaban J connectivity index is 0.000000145. The number of halogens is 4. The maximum atomic E-state index is 14.2. The quantitative estimate of drug-likeness (QED) is 0.0513. The number of nitriles is 4. The van der Waals surface area contributed by atoms with Crippen LogP contribution < -0.4 is 4.74 Å². The second-order valence-corrected chi connectivity index (χ2v) is 31.5. The van der Waals surface area contributed by atoms with Gasteiger partial charge in [-0.1, -0.05) is 84.4 Å². The first kappa shape index (κ1) is 90.6. The lowest BCUT2D eigenvalue weighted by Crippen LogP contribution is -2.49. The van der Waals surface area contributed by atoms with Crippen LogP contribution in [0.2, 0.25) is 5.02 Å². The molecule has 33 heteroatoms. The number of carbonyl (C=O) groups excluding carboxylic acids is 4. The molecule has 127 heavy (non-hydrogen) atoms. The van der Waals surface area contributed by atoms with Crippen LogP contribution in [0.5, 0.6) is 5.75 Å². The highest BCUT2D eigenvalue weighted by atomic mass is 35.5. The van der Waals surface area contributed by atoms with E-state index in [1.54, 1.807) is 62.2 Å². The molecule has 4 saturated heterocycles. The van der Waals surface area contributed by atoms with Crippen molar-refractivity contribution in [1.29, 1.82) is 21.0 Å². The Morgan fingerprint density at radius 1 is 0.362 bits per heavy atom. The lowest BCUT2D eigenvalue weighted by molar-refractivity contribution is -0.133. The monoisotopic (exact) mass is 1730 g/mol. The van der Waals surface area contributed by atoms with Crippen molar-refractivity contribution in [2.45, 2.75) is 58.3 Å². The van der Waals surface area contributed by atoms with E-state index in [1.165, 1.54) is 50.1 Å². The number of piperazine rings is 4. The summed E-state index contributed by atoms with van der Waals surface area (Å²) in [6.45, 7) is 17.1. The summed E-state index contributed by atoms with van der Waals surface area (Å²) in [6, 6.07) is 56.0. The second-order valence-electron chi connectivity index (χ2n) is 31.1. The number of benzene rings is 8. The van der Waals surface area contributed by atoms with Crippen LogP contribution in [-0.4, -0.2) is 260 Å². The van der Waals surface area contributed by atoms with Crippen molar-refractivity contribution in [3.8, 4) is 52.8 Å². The number of hydrogen-bond acceptors (Lipinski definition) is 21. The highest BCUT2D eigenvalue weighted by Crippen LogP contribution is 2.26. The van der Waals surface area contributed by atoms with Crippen LogP contribution in [0.15, 0.2) is 208 Å². The molecule has 8 heterocycles. The summed E-state index contributed by atoms with van der Waals surface area (Å²) in [6.07, 6.45) is 16.8. The molecule has 12 aromatic rings. The lowest BCUT2D eigenvalue weighted by atomic mass is 10.0. The topological polar surface area (TPSA) is 321 Å². The number of carbonyl (C=O) groups is 4. The van der Waals surface area contributed by atoms with Crippen molar-refractivity contribution < 1.29 is 37.1 Å². The Morgan fingerprint density at radius 2 is 0.685 bits per heavy atom. The molecular formula is C94H96ClF3N24O5. The van der Waals surface area contributed by atoms with E-state index < -0.39 is 23.0 Å². The molecule has 0 spiro atoms. The van der Waals surface area contributed by atoms with Gasteiger partial charge in [-0.25, -0.2) is 51.8 Å². The molecule has 0 saturated carbocycles. The van der Waals surface area contributed by atoms with Gasteiger partial charge in [0, 0.05) is 137 Å². The van der Waals surface area contributed by atoms with Crippen LogP contribution in [-0.2, 0) is 70.5 Å². The first-order valence-electron chi connectivity index (χ1n) is 41.9. The fraction of sp³-hybridized carbons (Fsp3) is 0.319. The zero-order valence-corrected chi connectivity index (χ0v) is 71.5. The molecule has 0 unspecified atom stereocenters. The smallest absolute Gasteiger partial charge is 0.227 e. The number of amides is 4. The number of hydrogen-bond donors (Lipinski definition) is 0. The van der Waals surface area contributed by atoms with E-state index in [9.17, 15) is 37.6 Å². The average Bonchev–Trinajstić information content (AvgIpc) is 1.71. The Morgan fingerprint density at radius 3 is 1.01 bits per heavy atom. The number of ether oxygens (including phenoxy) is 1. The number of rotatable bonds is 25. The molecule has 0 aliphatic carbocycles. The molecule has 4 aliphatic heterocycles. The third-order valence-electron chi connectivity index (χ3n) is 23.0. The van der Waals surface area contributed by atoms with Crippen LogP contribution >= 0.6 is 11.6 Å². The maximum Gasteiger partial charge on any atom is 0.227 e. The van der Waals surface area contributed by atoms with Gasteiger partial charge in [0.15, 0.2) is 0 Å². The highest BCUT2D eigenvalue weighted by Gasteiger charge is 2.27. The summed E-state index contributed by atoms with van der Waals surface area (Å²) < 4.78 is 53.5. The van der Waals surface area contributed by atoms with E-state index in [0.717, 1.165) is 171 Å². The molecule has 0 N–H and O–H groups in total. The first-order chi connectivity index (χ1) is 61.9. The van der Waals surface area contributed by atoms with Crippen LogP contribution in [0.4, 0.5) is 13.2 Å². The predicted molar refractivity (Wildman–Crippen MR) is 468 cm³/mol. The maximum absolute atomic E-state index is 14.2. The van der Waals surface area contributed by atoms with Gasteiger partial charge in [0.05, 0.1) is 83.3 Å². The summed E-state index contributed by atoms with van der Waals surface area (Å²) in [5.74, 6) is -1.23. The Kier molecular flexibility index (Phi) is 32.1. The molecule has 0 bridgehead atoms. The Hall–Kier alpha value is -14.1. The van der Waals surface area contributed by atoms with Gasteiger partial charge in [0.25, 0.3) is 0 Å². The van der Waals surface area contributed by atoms with E-state index >= 15 is 0 Å². The molecule has 650 valence electrons. The van der Waals surface area contributed by atoms with Crippen molar-refractivity contribution >= 4 is 35.2 Å². The predicted octanol–water partition coefficient (Wildman–Crippen LogP) is 9.66. The van der Waals surface area contributed by atoms with E-state index in [1.807, 2.05) is 154 Å². The van der Waals surface area contributed by atoms with Gasteiger partial charge in [0.2, 0.25) is 23.6 Å². The third kappa shape index (κ3) is 25.3. The fourth-order valence-corrected chi connectivity index (χ4v) is 15.5. The zero-order valence-electron chi connectivity index (χ0n) is 70.7. The van der Waals surface area contributed by atoms with Gasteiger partial charge < -0.3 is 24.3 Å². The fourth-order valence-electron chi connectivity index (χ4n) is 15.3. The van der Waals surface area contributed by atoms with E-state index in [0.29, 0.717) is 106 Å². The van der Waals surface area contributed by atoms with Crippen LogP contribution in [0.1, 0.15) is 72.3 Å². The molecule has 4 aromatic heterocycles. The van der Waals surface area contributed by atoms with Crippen molar-refractivity contribution in [3.63, 3.8) is 0 Å². The molecule has 4 aliphatic rings. The van der Waals surface area contributed by atoms with Gasteiger partial charge in [0.1, 0.15) is 97.6 Å². The van der Waals surface area contributed by atoms with Gasteiger partial charge in [-0.15, -0.1) is 0 Å². The molecule has 16 rings (SSSR count). The van der Waals surface area contributed by atoms with Gasteiger partial charge in [-0.3, -0.25) is 38.8 Å². The SMILES string of the molecule is COc1cc(F)c(C#N)cc1CCN1CCN(C(=O)Cc2ccc(-n3cncn3)cc2)CC1.Cc1ccc(CCN2CCN(C(=O)Cc3ccc(-n4cncn4)cc3)CC2)cc1C#N.N#Cc1c(F)ccc(CCN2CCN(C(=O)Cc3ccc(-n4cncn4)cc3)CC2)c1F.N#Cc1cc(CCN2CCN(C(=O)Cc3ccc(-n4cncn4)cc3)CC2)ccc1Cl. The third-order valence-corrected chi connectivity index (χ3v) is 23.3. The van der Waals surface area contributed by atoms with Crippen LogP contribution in [0.25, 0.3) is 22.7 Å². The molecule has 8 aromatic carbocycles. The van der Waals surface area contributed by atoms with Crippen molar-refractivity contribution in [3.05, 3.63) is 303 Å². The number of nitrogens with zero attached hydrogens (tertiary/aromatic N) is 24. The second kappa shape index (κ2) is 45.0. The zero-order chi connectivity index (χ0) is 89.0. The van der Waals surface area contributed by atoms with Crippen molar-refractivity contribution in [1.82, 2.24) is 98.3 Å². The summed E-state index contributed by atoms with van der Waals surface area (Å²) in [4.78, 5) is 83.4. The van der Waals surface area contributed by atoms with E-state index in [4.69, 9.17) is 32.1 Å². The molecular weight excluding hydrogens is 1640 g/mol. The minimum absolute atomic E-state index is 0.0236. The van der Waals surface area contributed by atoms with E-state index in [2.05, 4.69) is 78.1 Å². The first-order valence-corrected chi connectivity index (χ1v) is 42.3. The summed E-state index contributed by atoms with van der Waals surface area (Å²) in [5, 5.41) is 53.2. The molecule has 4 fully saturated rings. The Bertz CT molecular complexity index is 5640. The molecule has 4 amide bonds. The number of aryl methyl sites for hydroxylation is 1. The minimum Gasteiger partial charge on any atom is -0.496 e. The average molecular weight is 1730 g/mol. The minimum atomic E-state index is -0.839. The summed E-state index contributed by atoms with van der Waals surface area (Å²) >= 11 is 6.00. The van der Waals surface area contributed by atoms with Crippen molar-refractivity contribution in [2.24, 2.45) is 0 Å². The summed E-state index contributed by atoms with van der Waals surface area (Å²) in [5.41, 5.74) is 12.7.